The zero-order chi connectivity index (χ0) is 20.0. The smallest absolute Gasteiger partial charge is 0.310 e. The molecule has 144 valence electrons. The van der Waals surface area contributed by atoms with Gasteiger partial charge in [0.2, 0.25) is 0 Å². The summed E-state index contributed by atoms with van der Waals surface area (Å²) in [6.45, 7) is 6.16. The molecule has 0 radical (unpaired) electrons. The first-order valence-electron chi connectivity index (χ1n) is 8.20. The number of carbonyl (C=O) groups excluding carboxylic acids is 1. The van der Waals surface area contributed by atoms with Crippen LogP contribution in [0.4, 0.5) is 5.69 Å². The minimum absolute atomic E-state index is 0.00970. The molecule has 0 fully saturated rings. The van der Waals surface area contributed by atoms with Gasteiger partial charge < -0.3 is 4.74 Å². The number of ether oxygens (including phenoxy) is 1. The van der Waals surface area contributed by atoms with Crippen molar-refractivity contribution in [2.45, 2.75) is 27.3 Å². The third kappa shape index (κ3) is 5.52. The summed E-state index contributed by atoms with van der Waals surface area (Å²) in [4.78, 5) is 22.2. The van der Waals surface area contributed by atoms with Crippen molar-refractivity contribution in [3.05, 3.63) is 50.8 Å². The number of hydrogen-bond donors (Lipinski definition) is 1. The van der Waals surface area contributed by atoms with Crippen molar-refractivity contribution in [2.75, 3.05) is 6.61 Å². The first-order valence-corrected chi connectivity index (χ1v) is 8.58. The Bertz CT molecular complexity index is 863. The topological polar surface area (TPSA) is 112 Å². The molecule has 10 heteroatoms. The van der Waals surface area contributed by atoms with Crippen LogP contribution < -0.4 is 10.2 Å². The number of nitrogens with zero attached hydrogens (tertiary/aromatic N) is 4. The van der Waals surface area contributed by atoms with Gasteiger partial charge in [-0.05, 0) is 18.9 Å². The highest BCUT2D eigenvalue weighted by atomic mass is 35.5. The number of nitro benzene ring substituents is 1. The van der Waals surface area contributed by atoms with Crippen LogP contribution in [0.1, 0.15) is 25.1 Å². The van der Waals surface area contributed by atoms with E-state index in [1.807, 2.05) is 0 Å². The Kier molecular flexibility index (Phi) is 6.89. The summed E-state index contributed by atoms with van der Waals surface area (Å²) in [6, 6.07) is 5.81. The SMILES string of the molecule is Cc1nn(CC(C)C)c(Cl)c1/C=N\NC(=O)COc1ccccc1[N+](=O)[O-]. The zero-order valence-electron chi connectivity index (χ0n) is 15.2. The van der Waals surface area contributed by atoms with Crippen molar-refractivity contribution < 1.29 is 14.5 Å². The number of carbonyl (C=O) groups is 1. The highest BCUT2D eigenvalue weighted by Gasteiger charge is 2.15. The number of benzene rings is 1. The number of halogens is 1. The lowest BCUT2D eigenvalue weighted by Crippen LogP contribution is -2.24. The standard InChI is InChI=1S/C17H20ClN5O4/c1-11(2)9-22-17(18)13(12(3)21-22)8-19-20-16(24)10-27-15-7-5-4-6-14(15)23(25)26/h4-8,11H,9-10H2,1-3H3,(H,20,24)/b19-8-. The molecule has 0 aliphatic carbocycles. The van der Waals surface area contributed by atoms with Gasteiger partial charge in [0.1, 0.15) is 5.15 Å². The van der Waals surface area contributed by atoms with E-state index in [9.17, 15) is 14.9 Å². The summed E-state index contributed by atoms with van der Waals surface area (Å²) in [6.07, 6.45) is 1.41. The Morgan fingerprint density at radius 1 is 1.48 bits per heavy atom. The fourth-order valence-corrected chi connectivity index (χ4v) is 2.55. The molecule has 0 bridgehead atoms. The van der Waals surface area contributed by atoms with Crippen LogP contribution in [0.5, 0.6) is 5.75 Å². The van der Waals surface area contributed by atoms with Crippen LogP contribution in [0.25, 0.3) is 0 Å². The maximum absolute atomic E-state index is 11.8. The summed E-state index contributed by atoms with van der Waals surface area (Å²) in [5, 5.41) is 19.5. The molecule has 1 N–H and O–H groups in total. The number of aryl methyl sites for hydroxylation is 1. The molecule has 9 nitrogen and oxygen atoms in total. The molecule has 0 saturated heterocycles. The van der Waals surface area contributed by atoms with Crippen molar-refractivity contribution in [3.63, 3.8) is 0 Å². The Balaban J connectivity index is 1.95. The Hall–Kier alpha value is -2.94. The highest BCUT2D eigenvalue weighted by Crippen LogP contribution is 2.25. The molecular formula is C17H20ClN5O4. The summed E-state index contributed by atoms with van der Waals surface area (Å²) < 4.78 is 6.87. The van der Waals surface area contributed by atoms with Crippen LogP contribution in [0, 0.1) is 23.0 Å². The predicted molar refractivity (Wildman–Crippen MR) is 101 cm³/mol. The normalized spacial score (nSPS) is 11.1. The second-order valence-corrected chi connectivity index (χ2v) is 6.53. The summed E-state index contributed by atoms with van der Waals surface area (Å²) in [5.74, 6) is -0.172. The largest absolute Gasteiger partial charge is 0.477 e. The molecule has 0 atom stereocenters. The monoisotopic (exact) mass is 393 g/mol. The number of hydrazone groups is 1. The molecule has 0 unspecified atom stereocenters. The molecule has 1 aromatic carbocycles. The Morgan fingerprint density at radius 2 is 2.19 bits per heavy atom. The lowest BCUT2D eigenvalue weighted by molar-refractivity contribution is -0.385. The lowest BCUT2D eigenvalue weighted by atomic mass is 10.2. The molecule has 1 amide bonds. The van der Waals surface area contributed by atoms with E-state index in [2.05, 4.69) is 29.5 Å². The second kappa shape index (κ2) is 9.13. The Labute approximate surface area is 161 Å². The molecule has 27 heavy (non-hydrogen) atoms. The fraction of sp³-hybridized carbons (Fsp3) is 0.353. The lowest BCUT2D eigenvalue weighted by Gasteiger charge is -2.06. The third-order valence-corrected chi connectivity index (χ3v) is 3.85. The molecule has 0 aliphatic rings. The van der Waals surface area contributed by atoms with Crippen LogP contribution >= 0.6 is 11.6 Å². The molecule has 0 saturated carbocycles. The maximum Gasteiger partial charge on any atom is 0.310 e. The van der Waals surface area contributed by atoms with Gasteiger partial charge >= 0.3 is 5.69 Å². The van der Waals surface area contributed by atoms with Crippen molar-refractivity contribution >= 4 is 29.4 Å². The average Bonchev–Trinajstić information content (AvgIpc) is 2.86. The van der Waals surface area contributed by atoms with Crippen molar-refractivity contribution in [2.24, 2.45) is 11.0 Å². The summed E-state index contributed by atoms with van der Waals surface area (Å²) in [5.41, 5.74) is 3.38. The molecule has 1 heterocycles. The summed E-state index contributed by atoms with van der Waals surface area (Å²) >= 11 is 6.29. The molecule has 2 aromatic rings. The minimum atomic E-state index is -0.578. The van der Waals surface area contributed by atoms with Crippen LogP contribution in [-0.2, 0) is 11.3 Å². The van der Waals surface area contributed by atoms with Gasteiger partial charge in [0.15, 0.2) is 12.4 Å². The van der Waals surface area contributed by atoms with E-state index in [-0.39, 0.29) is 11.4 Å². The zero-order valence-corrected chi connectivity index (χ0v) is 15.9. The van der Waals surface area contributed by atoms with E-state index >= 15 is 0 Å². The van der Waals surface area contributed by atoms with E-state index in [0.29, 0.717) is 28.9 Å². The van der Waals surface area contributed by atoms with Gasteiger partial charge in [-0.1, -0.05) is 37.6 Å². The molecular weight excluding hydrogens is 374 g/mol. The van der Waals surface area contributed by atoms with Crippen LogP contribution in [0.2, 0.25) is 5.15 Å². The number of nitro groups is 1. The van der Waals surface area contributed by atoms with E-state index in [0.717, 1.165) is 0 Å². The average molecular weight is 394 g/mol. The fourth-order valence-electron chi connectivity index (χ4n) is 2.26. The first kappa shape index (κ1) is 20.4. The third-order valence-electron chi connectivity index (χ3n) is 3.45. The highest BCUT2D eigenvalue weighted by molar-refractivity contribution is 6.32. The van der Waals surface area contributed by atoms with Crippen LogP contribution in [0.15, 0.2) is 29.4 Å². The summed E-state index contributed by atoms with van der Waals surface area (Å²) in [7, 11) is 0. The van der Waals surface area contributed by atoms with Gasteiger partial charge in [0.25, 0.3) is 5.91 Å². The number of amides is 1. The van der Waals surface area contributed by atoms with Gasteiger partial charge in [-0.25, -0.2) is 5.43 Å². The van der Waals surface area contributed by atoms with Crippen molar-refractivity contribution in [1.82, 2.24) is 15.2 Å². The Morgan fingerprint density at radius 3 is 2.85 bits per heavy atom. The molecule has 0 aliphatic heterocycles. The number of aromatic nitrogens is 2. The number of para-hydroxylation sites is 2. The van der Waals surface area contributed by atoms with Gasteiger partial charge in [-0.2, -0.15) is 10.2 Å². The number of nitrogens with one attached hydrogen (secondary N) is 1. The van der Waals surface area contributed by atoms with Crippen LogP contribution in [0.3, 0.4) is 0 Å². The van der Waals surface area contributed by atoms with E-state index in [4.69, 9.17) is 16.3 Å². The van der Waals surface area contributed by atoms with E-state index < -0.39 is 17.4 Å². The van der Waals surface area contributed by atoms with Crippen molar-refractivity contribution in [3.8, 4) is 5.75 Å². The van der Waals surface area contributed by atoms with E-state index in [1.165, 1.54) is 24.4 Å². The van der Waals surface area contributed by atoms with Crippen LogP contribution in [-0.4, -0.2) is 33.4 Å². The molecule has 2 rings (SSSR count). The quantitative estimate of drug-likeness (QED) is 0.421. The van der Waals surface area contributed by atoms with Gasteiger partial charge in [0, 0.05) is 12.6 Å². The van der Waals surface area contributed by atoms with Gasteiger partial charge in [-0.15, -0.1) is 0 Å². The molecule has 1 aromatic heterocycles. The van der Waals surface area contributed by atoms with Gasteiger partial charge in [0.05, 0.1) is 22.4 Å². The predicted octanol–water partition coefficient (Wildman–Crippen LogP) is 2.94. The number of rotatable bonds is 8. The molecule has 0 spiro atoms. The second-order valence-electron chi connectivity index (χ2n) is 6.17. The maximum atomic E-state index is 11.8. The number of hydrogen-bond acceptors (Lipinski definition) is 6. The first-order chi connectivity index (χ1) is 12.8. The van der Waals surface area contributed by atoms with Gasteiger partial charge in [-0.3, -0.25) is 19.6 Å². The van der Waals surface area contributed by atoms with E-state index in [1.54, 1.807) is 17.7 Å². The minimum Gasteiger partial charge on any atom is -0.477 e. The van der Waals surface area contributed by atoms with Crippen molar-refractivity contribution in [1.29, 1.82) is 0 Å².